The molecule has 4 aromatic carbocycles. The molecule has 5 rings (SSSR count). The standard InChI is InChI=1S/C32H37N3/c1-24(30-14-8-12-26-11-6-7-13-31(26)30)34-21-28-19-20-35(22-25-15-17-29(33-2)18-16-25)23-32(28)27-9-4-3-5-10-27/h3-18,24,28,32-34H,19-23H2,1-2H3. The number of benzene rings is 4. The van der Waals surface area contributed by atoms with Crippen molar-refractivity contribution in [2.45, 2.75) is 31.8 Å². The molecule has 2 N–H and O–H groups in total. The van der Waals surface area contributed by atoms with Crippen molar-refractivity contribution in [3.63, 3.8) is 0 Å². The summed E-state index contributed by atoms with van der Waals surface area (Å²) in [5.41, 5.74) is 5.41. The lowest BCUT2D eigenvalue weighted by molar-refractivity contribution is 0.148. The molecule has 1 fully saturated rings. The van der Waals surface area contributed by atoms with Crippen LogP contribution in [0.3, 0.4) is 0 Å². The molecule has 3 heteroatoms. The molecule has 180 valence electrons. The van der Waals surface area contributed by atoms with Gasteiger partial charge in [0, 0.05) is 37.8 Å². The van der Waals surface area contributed by atoms with Crippen LogP contribution in [0, 0.1) is 5.92 Å². The van der Waals surface area contributed by atoms with Gasteiger partial charge < -0.3 is 10.6 Å². The highest BCUT2D eigenvalue weighted by Gasteiger charge is 2.30. The zero-order chi connectivity index (χ0) is 24.0. The number of hydrogen-bond donors (Lipinski definition) is 2. The number of fused-ring (bicyclic) bond motifs is 1. The Balaban J connectivity index is 1.28. The lowest BCUT2D eigenvalue weighted by Crippen LogP contribution is -2.42. The van der Waals surface area contributed by atoms with Crippen molar-refractivity contribution in [3.05, 3.63) is 114 Å². The Morgan fingerprint density at radius 3 is 2.40 bits per heavy atom. The quantitative estimate of drug-likeness (QED) is 0.300. The summed E-state index contributed by atoms with van der Waals surface area (Å²) in [5, 5.41) is 9.80. The molecular formula is C32H37N3. The smallest absolute Gasteiger partial charge is 0.0337 e. The number of nitrogens with one attached hydrogen (secondary N) is 2. The maximum absolute atomic E-state index is 3.91. The predicted molar refractivity (Wildman–Crippen MR) is 149 cm³/mol. The molecule has 4 aromatic rings. The molecule has 1 heterocycles. The maximum atomic E-state index is 3.91. The Bertz CT molecular complexity index is 1210. The molecule has 3 atom stereocenters. The fraction of sp³-hybridized carbons (Fsp3) is 0.312. The monoisotopic (exact) mass is 463 g/mol. The van der Waals surface area contributed by atoms with E-state index in [0.717, 1.165) is 26.2 Å². The Kier molecular flexibility index (Phi) is 7.46. The van der Waals surface area contributed by atoms with Crippen molar-refractivity contribution in [2.75, 3.05) is 32.0 Å². The molecule has 0 saturated carbocycles. The summed E-state index contributed by atoms with van der Waals surface area (Å²) in [6.45, 7) is 6.61. The first-order valence-electron chi connectivity index (χ1n) is 13.0. The molecule has 1 aliphatic heterocycles. The van der Waals surface area contributed by atoms with Gasteiger partial charge in [-0.25, -0.2) is 0 Å². The van der Waals surface area contributed by atoms with Crippen LogP contribution in [-0.4, -0.2) is 31.6 Å². The van der Waals surface area contributed by atoms with E-state index in [2.05, 4.69) is 120 Å². The molecule has 0 radical (unpaired) electrons. The molecule has 3 unspecified atom stereocenters. The minimum Gasteiger partial charge on any atom is -0.388 e. The first-order valence-corrected chi connectivity index (χ1v) is 13.0. The highest BCUT2D eigenvalue weighted by atomic mass is 15.1. The van der Waals surface area contributed by atoms with Gasteiger partial charge in [-0.15, -0.1) is 0 Å². The van der Waals surface area contributed by atoms with E-state index in [1.807, 2.05) is 7.05 Å². The molecule has 3 nitrogen and oxygen atoms in total. The maximum Gasteiger partial charge on any atom is 0.0337 e. The molecule has 1 saturated heterocycles. The summed E-state index contributed by atoms with van der Waals surface area (Å²) in [7, 11) is 1.97. The number of anilines is 1. The summed E-state index contributed by atoms with van der Waals surface area (Å²) >= 11 is 0. The number of piperidine rings is 1. The molecule has 0 amide bonds. The fourth-order valence-corrected chi connectivity index (χ4v) is 5.64. The van der Waals surface area contributed by atoms with E-state index in [4.69, 9.17) is 0 Å². The van der Waals surface area contributed by atoms with Gasteiger partial charge in [-0.05, 0) is 71.9 Å². The number of rotatable bonds is 8. The van der Waals surface area contributed by atoms with E-state index in [0.29, 0.717) is 17.9 Å². The van der Waals surface area contributed by atoms with Gasteiger partial charge in [0.2, 0.25) is 0 Å². The van der Waals surface area contributed by atoms with Gasteiger partial charge in [-0.1, -0.05) is 84.9 Å². The van der Waals surface area contributed by atoms with Crippen LogP contribution in [-0.2, 0) is 6.54 Å². The highest BCUT2D eigenvalue weighted by molar-refractivity contribution is 5.86. The number of nitrogens with zero attached hydrogens (tertiary/aromatic N) is 1. The van der Waals surface area contributed by atoms with E-state index >= 15 is 0 Å². The van der Waals surface area contributed by atoms with Crippen molar-refractivity contribution in [1.29, 1.82) is 0 Å². The Hall–Kier alpha value is -3.14. The van der Waals surface area contributed by atoms with Gasteiger partial charge in [0.1, 0.15) is 0 Å². The zero-order valence-electron chi connectivity index (χ0n) is 21.0. The topological polar surface area (TPSA) is 27.3 Å². The Morgan fingerprint density at radius 2 is 1.60 bits per heavy atom. The van der Waals surface area contributed by atoms with Crippen LogP contribution < -0.4 is 10.6 Å². The lowest BCUT2D eigenvalue weighted by Gasteiger charge is -2.39. The molecule has 35 heavy (non-hydrogen) atoms. The van der Waals surface area contributed by atoms with Gasteiger partial charge in [-0.3, -0.25) is 4.90 Å². The highest BCUT2D eigenvalue weighted by Crippen LogP contribution is 2.34. The zero-order valence-corrected chi connectivity index (χ0v) is 21.0. The van der Waals surface area contributed by atoms with Crippen molar-refractivity contribution in [3.8, 4) is 0 Å². The van der Waals surface area contributed by atoms with Crippen LogP contribution in [0.25, 0.3) is 10.8 Å². The van der Waals surface area contributed by atoms with Gasteiger partial charge in [-0.2, -0.15) is 0 Å². The summed E-state index contributed by atoms with van der Waals surface area (Å²) in [5.74, 6) is 1.16. The normalized spacial score (nSPS) is 19.5. The van der Waals surface area contributed by atoms with Crippen molar-refractivity contribution >= 4 is 16.5 Å². The summed E-state index contributed by atoms with van der Waals surface area (Å²) in [6.07, 6.45) is 1.21. The van der Waals surface area contributed by atoms with E-state index < -0.39 is 0 Å². The Morgan fingerprint density at radius 1 is 0.857 bits per heavy atom. The van der Waals surface area contributed by atoms with Crippen LogP contribution >= 0.6 is 0 Å². The van der Waals surface area contributed by atoms with Gasteiger partial charge in [0.15, 0.2) is 0 Å². The van der Waals surface area contributed by atoms with Crippen LogP contribution in [0.2, 0.25) is 0 Å². The first-order chi connectivity index (χ1) is 17.2. The lowest BCUT2D eigenvalue weighted by atomic mass is 9.80. The molecule has 0 aromatic heterocycles. The van der Waals surface area contributed by atoms with E-state index in [1.54, 1.807) is 0 Å². The van der Waals surface area contributed by atoms with Crippen molar-refractivity contribution in [1.82, 2.24) is 10.2 Å². The third kappa shape index (κ3) is 5.58. The number of likely N-dealkylation sites (tertiary alicyclic amines) is 1. The van der Waals surface area contributed by atoms with E-state index in [9.17, 15) is 0 Å². The molecule has 0 spiro atoms. The molecule has 0 aliphatic carbocycles. The Labute approximate surface area is 210 Å². The van der Waals surface area contributed by atoms with E-state index in [1.165, 1.54) is 39.6 Å². The summed E-state index contributed by atoms with van der Waals surface area (Å²) in [6, 6.07) is 35.7. The summed E-state index contributed by atoms with van der Waals surface area (Å²) < 4.78 is 0. The van der Waals surface area contributed by atoms with Crippen molar-refractivity contribution < 1.29 is 0 Å². The second-order valence-electron chi connectivity index (χ2n) is 9.95. The number of hydrogen-bond acceptors (Lipinski definition) is 3. The molecular weight excluding hydrogens is 426 g/mol. The second-order valence-corrected chi connectivity index (χ2v) is 9.95. The minimum atomic E-state index is 0.321. The van der Waals surface area contributed by atoms with Crippen LogP contribution in [0.4, 0.5) is 5.69 Å². The SMILES string of the molecule is CNc1ccc(CN2CCC(CNC(C)c3cccc4ccccc34)C(c3ccccc3)C2)cc1. The first kappa shape index (κ1) is 23.6. The van der Waals surface area contributed by atoms with Crippen LogP contribution in [0.15, 0.2) is 97.1 Å². The minimum absolute atomic E-state index is 0.321. The third-order valence-electron chi connectivity index (χ3n) is 7.69. The fourth-order valence-electron chi connectivity index (χ4n) is 5.64. The second kappa shape index (κ2) is 11.1. The van der Waals surface area contributed by atoms with Crippen molar-refractivity contribution in [2.24, 2.45) is 5.92 Å². The van der Waals surface area contributed by atoms with E-state index in [-0.39, 0.29) is 0 Å². The van der Waals surface area contributed by atoms with Gasteiger partial charge >= 0.3 is 0 Å². The average molecular weight is 464 g/mol. The third-order valence-corrected chi connectivity index (χ3v) is 7.69. The summed E-state index contributed by atoms with van der Waals surface area (Å²) in [4.78, 5) is 2.64. The molecule has 1 aliphatic rings. The molecule has 0 bridgehead atoms. The predicted octanol–water partition coefficient (Wildman–Crippen LogP) is 6.84. The van der Waals surface area contributed by atoms with Gasteiger partial charge in [0.05, 0.1) is 0 Å². The average Bonchev–Trinajstić information content (AvgIpc) is 2.92. The van der Waals surface area contributed by atoms with Gasteiger partial charge in [0.25, 0.3) is 0 Å². The van der Waals surface area contributed by atoms with Crippen LogP contribution in [0.1, 0.15) is 42.0 Å². The largest absolute Gasteiger partial charge is 0.388 e. The van der Waals surface area contributed by atoms with Crippen LogP contribution in [0.5, 0.6) is 0 Å².